The minimum absolute atomic E-state index is 0.0295. The number of sulfonamides is 2. The molecule has 1 aliphatic rings. The van der Waals surface area contributed by atoms with Crippen LogP contribution in [0.15, 0.2) is 57.1 Å². The molecule has 4 rings (SSSR count). The van der Waals surface area contributed by atoms with Crippen LogP contribution in [0.2, 0.25) is 0 Å². The third-order valence-electron chi connectivity index (χ3n) is 5.13. The quantitative estimate of drug-likeness (QED) is 0.621. The Hall–Kier alpha value is -2.21. The summed E-state index contributed by atoms with van der Waals surface area (Å²) in [7, 11) is -5.83. The molecule has 1 aromatic heterocycles. The average Bonchev–Trinajstić information content (AvgIpc) is 3.02. The summed E-state index contributed by atoms with van der Waals surface area (Å²) in [5.74, 6) is 0. The van der Waals surface area contributed by atoms with Crippen molar-refractivity contribution in [3.05, 3.63) is 52.1 Å². The van der Waals surface area contributed by atoms with E-state index in [1.54, 1.807) is 13.1 Å². The molecule has 30 heavy (non-hydrogen) atoms. The van der Waals surface area contributed by atoms with E-state index in [0.717, 1.165) is 30.6 Å². The van der Waals surface area contributed by atoms with Crippen molar-refractivity contribution in [2.75, 3.05) is 17.8 Å². The first-order chi connectivity index (χ1) is 14.2. The average molecular weight is 468 g/mol. The fourth-order valence-corrected chi connectivity index (χ4v) is 7.04. The molecule has 0 aliphatic carbocycles. The number of anilines is 1. The van der Waals surface area contributed by atoms with Crippen molar-refractivity contribution in [3.63, 3.8) is 0 Å². The lowest BCUT2D eigenvalue weighted by molar-refractivity contribution is 0.346. The number of fused-ring (bicyclic) bond motifs is 1. The lowest BCUT2D eigenvalue weighted by Crippen LogP contribution is -2.35. The molecule has 0 atom stereocenters. The van der Waals surface area contributed by atoms with Crippen molar-refractivity contribution >= 4 is 47.3 Å². The highest BCUT2D eigenvalue weighted by atomic mass is 32.2. The van der Waals surface area contributed by atoms with Gasteiger partial charge in [-0.05, 0) is 55.3 Å². The van der Waals surface area contributed by atoms with Crippen LogP contribution >= 0.6 is 11.3 Å². The molecule has 1 aliphatic heterocycles. The highest BCUT2D eigenvalue weighted by Crippen LogP contribution is 2.25. The van der Waals surface area contributed by atoms with Gasteiger partial charge in [0.1, 0.15) is 0 Å². The van der Waals surface area contributed by atoms with Gasteiger partial charge in [-0.25, -0.2) is 16.8 Å². The molecule has 0 unspecified atom stereocenters. The number of hydrogen-bond donors (Lipinski definition) is 1. The van der Waals surface area contributed by atoms with Crippen LogP contribution in [-0.4, -0.2) is 38.8 Å². The summed E-state index contributed by atoms with van der Waals surface area (Å²) >= 11 is 0.977. The Morgan fingerprint density at radius 2 is 1.53 bits per heavy atom. The van der Waals surface area contributed by atoms with E-state index in [1.165, 1.54) is 45.3 Å². The number of benzene rings is 2. The monoisotopic (exact) mass is 467 g/mol. The fourth-order valence-electron chi connectivity index (χ4n) is 3.44. The van der Waals surface area contributed by atoms with Gasteiger partial charge in [-0.1, -0.05) is 17.8 Å². The molecule has 1 fully saturated rings. The molecule has 2 aromatic carbocycles. The molecule has 11 heteroatoms. The molecule has 0 spiro atoms. The predicted octanol–water partition coefficient (Wildman–Crippen LogP) is 2.58. The molecule has 0 saturated carbocycles. The molecule has 2 heterocycles. The summed E-state index contributed by atoms with van der Waals surface area (Å²) in [5.41, 5.74) is 0.921. The molecule has 3 aromatic rings. The summed E-state index contributed by atoms with van der Waals surface area (Å²) in [6.45, 7) is 1.01. The SMILES string of the molecule is Cn1c(=O)sc2cc(S(=O)(=O)Nc3ccc(S(=O)(=O)N4CCCCC4)cc3)ccc21. The van der Waals surface area contributed by atoms with Gasteiger partial charge in [0, 0.05) is 25.8 Å². The van der Waals surface area contributed by atoms with Crippen molar-refractivity contribution in [2.45, 2.75) is 29.1 Å². The van der Waals surface area contributed by atoms with E-state index >= 15 is 0 Å². The largest absolute Gasteiger partial charge is 0.307 e. The topological polar surface area (TPSA) is 106 Å². The summed E-state index contributed by atoms with van der Waals surface area (Å²) in [4.78, 5) is 11.8. The minimum atomic E-state index is -3.89. The van der Waals surface area contributed by atoms with Crippen molar-refractivity contribution in [1.29, 1.82) is 0 Å². The van der Waals surface area contributed by atoms with E-state index in [0.29, 0.717) is 23.3 Å². The number of nitrogens with zero attached hydrogens (tertiary/aromatic N) is 2. The second kappa shape index (κ2) is 7.80. The van der Waals surface area contributed by atoms with Gasteiger partial charge in [0.2, 0.25) is 10.0 Å². The van der Waals surface area contributed by atoms with Crippen LogP contribution in [0.5, 0.6) is 0 Å². The van der Waals surface area contributed by atoms with Crippen LogP contribution in [0, 0.1) is 0 Å². The maximum atomic E-state index is 12.7. The van der Waals surface area contributed by atoms with Crippen molar-refractivity contribution < 1.29 is 16.8 Å². The summed E-state index contributed by atoms with van der Waals surface area (Å²) in [6.07, 6.45) is 2.72. The van der Waals surface area contributed by atoms with Gasteiger partial charge in [-0.15, -0.1) is 0 Å². The third kappa shape index (κ3) is 3.89. The van der Waals surface area contributed by atoms with Gasteiger partial charge < -0.3 is 4.57 Å². The number of hydrogen-bond acceptors (Lipinski definition) is 6. The van der Waals surface area contributed by atoms with Gasteiger partial charge in [0.05, 0.1) is 20.0 Å². The highest BCUT2D eigenvalue weighted by molar-refractivity contribution is 7.92. The molecule has 8 nitrogen and oxygen atoms in total. The first-order valence-electron chi connectivity index (χ1n) is 9.41. The zero-order valence-corrected chi connectivity index (χ0v) is 18.7. The standard InChI is InChI=1S/C19H21N3O5S3/c1-21-17-10-9-16(13-18(17)28-19(21)23)29(24,25)20-14-5-7-15(8-6-14)30(26,27)22-11-3-2-4-12-22/h5-10,13,20H,2-4,11-12H2,1H3. The van der Waals surface area contributed by atoms with E-state index < -0.39 is 20.0 Å². The van der Waals surface area contributed by atoms with E-state index in [9.17, 15) is 21.6 Å². The summed E-state index contributed by atoms with van der Waals surface area (Å²) in [6, 6.07) is 10.2. The van der Waals surface area contributed by atoms with E-state index in [2.05, 4.69) is 4.72 Å². The molecule has 1 N–H and O–H groups in total. The van der Waals surface area contributed by atoms with Gasteiger partial charge >= 0.3 is 4.87 Å². The van der Waals surface area contributed by atoms with Crippen LogP contribution < -0.4 is 9.60 Å². The second-order valence-electron chi connectivity index (χ2n) is 7.15. The molecular weight excluding hydrogens is 446 g/mol. The number of thiazole rings is 1. The Balaban J connectivity index is 1.57. The van der Waals surface area contributed by atoms with Crippen LogP contribution in [0.3, 0.4) is 0 Å². The summed E-state index contributed by atoms with van der Waals surface area (Å²) in [5, 5.41) is 0. The lowest BCUT2D eigenvalue weighted by atomic mass is 10.2. The zero-order chi connectivity index (χ0) is 21.5. The van der Waals surface area contributed by atoms with Crippen molar-refractivity contribution in [3.8, 4) is 0 Å². The summed E-state index contributed by atoms with van der Waals surface area (Å²) < 4.78 is 56.9. The Labute approximate surface area is 178 Å². The van der Waals surface area contributed by atoms with Crippen LogP contribution in [0.4, 0.5) is 5.69 Å². The molecular formula is C19H21N3O5S3. The Bertz CT molecular complexity index is 1350. The molecule has 1 saturated heterocycles. The molecule has 0 radical (unpaired) electrons. The number of rotatable bonds is 5. The predicted molar refractivity (Wildman–Crippen MR) is 117 cm³/mol. The molecule has 0 amide bonds. The number of nitrogens with one attached hydrogen (secondary N) is 1. The van der Waals surface area contributed by atoms with E-state index in [-0.39, 0.29) is 20.4 Å². The molecule has 160 valence electrons. The minimum Gasteiger partial charge on any atom is -0.302 e. The lowest BCUT2D eigenvalue weighted by Gasteiger charge is -2.25. The number of aromatic nitrogens is 1. The Morgan fingerprint density at radius 1 is 0.900 bits per heavy atom. The van der Waals surface area contributed by atoms with Gasteiger partial charge in [0.15, 0.2) is 0 Å². The van der Waals surface area contributed by atoms with Gasteiger partial charge in [-0.2, -0.15) is 4.31 Å². The Kier molecular flexibility index (Phi) is 5.47. The van der Waals surface area contributed by atoms with Gasteiger partial charge in [-0.3, -0.25) is 9.52 Å². The zero-order valence-electron chi connectivity index (χ0n) is 16.2. The maximum absolute atomic E-state index is 12.7. The number of aryl methyl sites for hydroxylation is 1. The first-order valence-corrected chi connectivity index (χ1v) is 13.1. The molecule has 0 bridgehead atoms. The highest BCUT2D eigenvalue weighted by Gasteiger charge is 2.26. The normalized spacial score (nSPS) is 16.0. The first kappa shape index (κ1) is 21.0. The second-order valence-corrected chi connectivity index (χ2v) is 11.8. The maximum Gasteiger partial charge on any atom is 0.307 e. The number of piperidine rings is 1. The third-order valence-corrected chi connectivity index (χ3v) is 9.42. The van der Waals surface area contributed by atoms with Crippen molar-refractivity contribution in [2.24, 2.45) is 7.05 Å². The van der Waals surface area contributed by atoms with Crippen molar-refractivity contribution in [1.82, 2.24) is 8.87 Å². The van der Waals surface area contributed by atoms with E-state index in [1.807, 2.05) is 0 Å². The van der Waals surface area contributed by atoms with Gasteiger partial charge in [0.25, 0.3) is 10.0 Å². The van der Waals surface area contributed by atoms with Crippen LogP contribution in [0.25, 0.3) is 10.2 Å². The van der Waals surface area contributed by atoms with Crippen LogP contribution in [0.1, 0.15) is 19.3 Å². The fraction of sp³-hybridized carbons (Fsp3) is 0.316. The van der Waals surface area contributed by atoms with E-state index in [4.69, 9.17) is 0 Å². The van der Waals surface area contributed by atoms with Crippen LogP contribution in [-0.2, 0) is 27.1 Å². The smallest absolute Gasteiger partial charge is 0.302 e. The Morgan fingerprint density at radius 3 is 2.20 bits per heavy atom.